The summed E-state index contributed by atoms with van der Waals surface area (Å²) in [6, 6.07) is 0. The van der Waals surface area contributed by atoms with E-state index in [0.717, 1.165) is 6.42 Å². The molecule has 0 spiro atoms. The fraction of sp³-hybridized carbons (Fsp3) is 0.182. The molecule has 1 rings (SSSR count). The van der Waals surface area contributed by atoms with Crippen molar-refractivity contribution in [2.45, 2.75) is 12.8 Å². The zero-order valence-electron chi connectivity index (χ0n) is 7.33. The Hall–Kier alpha value is -1.03. The van der Waals surface area contributed by atoms with E-state index in [2.05, 4.69) is 24.7 Å². The van der Waals surface area contributed by atoms with Crippen LogP contribution in [-0.4, -0.2) is 5.11 Å². The van der Waals surface area contributed by atoms with E-state index in [1.807, 2.05) is 12.2 Å². The van der Waals surface area contributed by atoms with E-state index in [4.69, 9.17) is 11.5 Å². The molecule has 69 valence electrons. The molecular weight excluding hydrogens is 203 g/mol. The van der Waals surface area contributed by atoms with Gasteiger partial charge in [-0.2, -0.15) is 12.5 Å². The number of aliphatic hydroxyl groups excluding tert-OH is 1. The smallest absolute Gasteiger partial charge is 0.546 e. The van der Waals surface area contributed by atoms with Gasteiger partial charge in [-0.3, -0.25) is 6.08 Å². The molecule has 0 amide bonds. The third-order valence-corrected chi connectivity index (χ3v) is 1.04. The van der Waals surface area contributed by atoms with E-state index >= 15 is 0 Å². The van der Waals surface area contributed by atoms with Crippen molar-refractivity contribution in [1.82, 2.24) is 0 Å². The van der Waals surface area contributed by atoms with Crippen LogP contribution in [0.2, 0.25) is 0 Å². The van der Waals surface area contributed by atoms with E-state index in [-0.39, 0.29) is 22.8 Å². The molecule has 2 heteroatoms. The maximum absolute atomic E-state index is 8.34. The third kappa shape index (κ3) is 13.9. The second kappa shape index (κ2) is 11.0. The first-order valence-electron chi connectivity index (χ1n) is 3.64. The number of hydrogen-bond acceptors (Lipinski definition) is 1. The van der Waals surface area contributed by atoms with Crippen LogP contribution in [-0.2, 0) is 17.1 Å². The molecule has 13 heavy (non-hydrogen) atoms. The van der Waals surface area contributed by atoms with Crippen molar-refractivity contribution in [3.63, 3.8) is 0 Å². The predicted molar refractivity (Wildman–Crippen MR) is 51.1 cm³/mol. The Morgan fingerprint density at radius 3 is 2.62 bits per heavy atom. The summed E-state index contributed by atoms with van der Waals surface area (Å²) in [5.74, 6) is 2.36. The molecular formula is C11H12MnO. The Balaban J connectivity index is 0. The summed E-state index contributed by atoms with van der Waals surface area (Å²) in [6.07, 6.45) is 16.8. The normalized spacial score (nSPS) is 10.4. The van der Waals surface area contributed by atoms with Crippen LogP contribution < -0.4 is 0 Å². The quantitative estimate of drug-likeness (QED) is 0.325. The zero-order chi connectivity index (χ0) is 9.23. The minimum Gasteiger partial charge on any atom is -0.546 e. The number of allylic oxidation sites excluding steroid dienone is 5. The second-order valence-corrected chi connectivity index (χ2v) is 2.11. The molecule has 0 aromatic rings. The van der Waals surface area contributed by atoms with Gasteiger partial charge in [-0.25, -0.2) is 18.7 Å². The van der Waals surface area contributed by atoms with Gasteiger partial charge in [-0.05, 0) is 6.42 Å². The number of rotatable bonds is 2. The van der Waals surface area contributed by atoms with E-state index in [9.17, 15) is 0 Å². The van der Waals surface area contributed by atoms with Gasteiger partial charge in [0.15, 0.2) is 0 Å². The van der Waals surface area contributed by atoms with Gasteiger partial charge in [0.05, 0.1) is 0 Å². The first-order chi connectivity index (χ1) is 5.77. The van der Waals surface area contributed by atoms with E-state index in [1.165, 1.54) is 6.42 Å². The van der Waals surface area contributed by atoms with Crippen molar-refractivity contribution in [3.05, 3.63) is 43.1 Å². The Morgan fingerprint density at radius 1 is 1.77 bits per heavy atom. The van der Waals surface area contributed by atoms with Crippen LogP contribution in [0.15, 0.2) is 30.6 Å². The standard InChI is InChI=1S/C6H7O.C5H5.Mn/c1-3-4-5-6(2)7;1-2-4-5-3-1;/h1,5,7H,2,4H2;1-2,5H,3H2;/q2*-1;+2. The largest absolute Gasteiger partial charge is 2.00 e. The number of terminal acetylenes is 1. The van der Waals surface area contributed by atoms with Crippen molar-refractivity contribution in [1.29, 1.82) is 0 Å². The molecule has 0 unspecified atom stereocenters. The van der Waals surface area contributed by atoms with Gasteiger partial charge in [0.25, 0.3) is 0 Å². The summed E-state index contributed by atoms with van der Waals surface area (Å²) >= 11 is 0. The molecule has 0 bridgehead atoms. The Morgan fingerprint density at radius 2 is 2.46 bits per heavy atom. The average Bonchev–Trinajstić information content (AvgIpc) is 2.57. The van der Waals surface area contributed by atoms with Crippen LogP contribution in [0, 0.1) is 24.8 Å². The summed E-state index contributed by atoms with van der Waals surface area (Å²) in [6.45, 7) is 3.20. The van der Waals surface area contributed by atoms with Crippen LogP contribution in [0.1, 0.15) is 12.8 Å². The van der Waals surface area contributed by atoms with Crippen LogP contribution in [0.3, 0.4) is 0 Å². The minimum atomic E-state index is 0. The number of hydrogen-bond donors (Lipinski definition) is 1. The molecule has 1 radical (unpaired) electrons. The maximum atomic E-state index is 8.34. The maximum Gasteiger partial charge on any atom is 2.00 e. The van der Waals surface area contributed by atoms with Gasteiger partial charge in [0, 0.05) is 0 Å². The molecule has 0 aromatic heterocycles. The van der Waals surface area contributed by atoms with Gasteiger partial charge in [-0.15, -0.1) is 18.8 Å². The van der Waals surface area contributed by atoms with Gasteiger partial charge < -0.3 is 5.11 Å². The van der Waals surface area contributed by atoms with Crippen LogP contribution in [0.25, 0.3) is 0 Å². The van der Waals surface area contributed by atoms with Crippen molar-refractivity contribution < 1.29 is 22.2 Å². The summed E-state index contributed by atoms with van der Waals surface area (Å²) in [5.41, 5.74) is 0. The monoisotopic (exact) mass is 215 g/mol. The Labute approximate surface area is 90.7 Å². The van der Waals surface area contributed by atoms with Crippen molar-refractivity contribution in [2.24, 2.45) is 0 Å². The fourth-order valence-corrected chi connectivity index (χ4v) is 0.517. The average molecular weight is 215 g/mol. The van der Waals surface area contributed by atoms with Crippen molar-refractivity contribution in [2.75, 3.05) is 0 Å². The SMILES string of the molecule is C#CC[CH-]C(=C)O.[C-]1=CCC=C1.[Mn+2]. The molecule has 0 aromatic carbocycles. The van der Waals surface area contributed by atoms with Gasteiger partial charge >= 0.3 is 17.1 Å². The van der Waals surface area contributed by atoms with Crippen LogP contribution in [0.4, 0.5) is 0 Å². The molecule has 1 aliphatic rings. The van der Waals surface area contributed by atoms with E-state index in [1.54, 1.807) is 0 Å². The number of aliphatic hydroxyl groups is 1. The van der Waals surface area contributed by atoms with Gasteiger partial charge in [0.2, 0.25) is 0 Å². The molecule has 0 heterocycles. The summed E-state index contributed by atoms with van der Waals surface area (Å²) < 4.78 is 0. The Bertz CT molecular complexity index is 211. The molecule has 0 atom stereocenters. The first-order valence-corrected chi connectivity index (χ1v) is 3.64. The van der Waals surface area contributed by atoms with Crippen molar-refractivity contribution >= 4 is 0 Å². The molecule has 0 saturated heterocycles. The first kappa shape index (κ1) is 14.5. The summed E-state index contributed by atoms with van der Waals surface area (Å²) in [5, 5.41) is 8.34. The molecule has 1 aliphatic carbocycles. The van der Waals surface area contributed by atoms with Crippen LogP contribution >= 0.6 is 0 Å². The molecule has 1 N–H and O–H groups in total. The van der Waals surface area contributed by atoms with Crippen molar-refractivity contribution in [3.8, 4) is 12.3 Å². The topological polar surface area (TPSA) is 20.2 Å². The molecule has 0 saturated carbocycles. The fourth-order valence-electron chi connectivity index (χ4n) is 0.517. The third-order valence-electron chi connectivity index (χ3n) is 1.04. The molecule has 1 nitrogen and oxygen atoms in total. The Kier molecular flexibility index (Phi) is 12.2. The molecule has 0 fully saturated rings. The molecule has 0 aliphatic heterocycles. The van der Waals surface area contributed by atoms with E-state index < -0.39 is 0 Å². The van der Waals surface area contributed by atoms with Crippen LogP contribution in [0.5, 0.6) is 0 Å². The zero-order valence-corrected chi connectivity index (χ0v) is 8.51. The predicted octanol–water partition coefficient (Wildman–Crippen LogP) is 2.59. The van der Waals surface area contributed by atoms with Gasteiger partial charge in [-0.1, -0.05) is 5.76 Å². The van der Waals surface area contributed by atoms with Gasteiger partial charge in [0.1, 0.15) is 0 Å². The summed E-state index contributed by atoms with van der Waals surface area (Å²) in [4.78, 5) is 0. The van der Waals surface area contributed by atoms with E-state index in [0.29, 0.717) is 6.42 Å². The minimum absolute atomic E-state index is 0. The second-order valence-electron chi connectivity index (χ2n) is 2.11. The summed E-state index contributed by atoms with van der Waals surface area (Å²) in [7, 11) is 0.